The van der Waals surface area contributed by atoms with Crippen molar-refractivity contribution in [3.63, 3.8) is 0 Å². The van der Waals surface area contributed by atoms with Crippen molar-refractivity contribution in [1.29, 1.82) is 0 Å². The molecular formula is C25H32N2. The molecule has 27 heavy (non-hydrogen) atoms. The molecule has 1 saturated carbocycles. The Kier molecular flexibility index (Phi) is 4.09. The Bertz CT molecular complexity index is 844. The first-order chi connectivity index (χ1) is 13.1. The summed E-state index contributed by atoms with van der Waals surface area (Å²) in [6.45, 7) is 6.20. The van der Waals surface area contributed by atoms with E-state index in [-0.39, 0.29) is 0 Å². The molecule has 5 rings (SSSR count). The summed E-state index contributed by atoms with van der Waals surface area (Å²) in [6.07, 6.45) is 6.49. The van der Waals surface area contributed by atoms with Crippen LogP contribution in [0.2, 0.25) is 0 Å². The van der Waals surface area contributed by atoms with E-state index in [0.717, 1.165) is 30.5 Å². The van der Waals surface area contributed by atoms with Crippen LogP contribution in [0.4, 0.5) is 5.69 Å². The fourth-order valence-electron chi connectivity index (χ4n) is 6.65. The van der Waals surface area contributed by atoms with E-state index in [0.29, 0.717) is 17.5 Å². The van der Waals surface area contributed by atoms with E-state index in [9.17, 15) is 0 Å². The highest BCUT2D eigenvalue weighted by atomic mass is 15.2. The molecule has 3 aliphatic rings. The molecule has 2 aromatic rings. The fourth-order valence-corrected chi connectivity index (χ4v) is 6.65. The van der Waals surface area contributed by atoms with E-state index in [1.165, 1.54) is 31.2 Å². The lowest BCUT2D eigenvalue weighted by molar-refractivity contribution is -0.0616. The zero-order valence-corrected chi connectivity index (χ0v) is 16.7. The molecule has 2 aliphatic carbocycles. The average Bonchev–Trinajstić information content (AvgIpc) is 2.67. The van der Waals surface area contributed by atoms with Crippen LogP contribution < -0.4 is 5.73 Å². The van der Waals surface area contributed by atoms with E-state index < -0.39 is 0 Å². The van der Waals surface area contributed by atoms with Crippen LogP contribution >= 0.6 is 0 Å². The van der Waals surface area contributed by atoms with Crippen molar-refractivity contribution in [3.8, 4) is 0 Å². The normalized spacial score (nSPS) is 34.9. The Morgan fingerprint density at radius 3 is 2.85 bits per heavy atom. The van der Waals surface area contributed by atoms with Gasteiger partial charge in [-0.3, -0.25) is 4.90 Å². The molecule has 142 valence electrons. The third kappa shape index (κ3) is 2.72. The standard InChI is InChI=1S/C25H32N2/c1-17-19-10-12-25(2)22-9-4-3-7-20(22)16-24(23(25)15-19)27(17)13-11-18-6-5-8-21(26)14-18/h3-9,14,17,19,23-24H,10-13,15-16,26H2,1-2H3. The van der Waals surface area contributed by atoms with Crippen LogP contribution in [-0.4, -0.2) is 23.5 Å². The fraction of sp³-hybridized carbons (Fsp3) is 0.520. The Labute approximate surface area is 163 Å². The van der Waals surface area contributed by atoms with E-state index in [4.69, 9.17) is 5.73 Å². The van der Waals surface area contributed by atoms with Crippen LogP contribution in [0, 0.1) is 11.8 Å². The van der Waals surface area contributed by atoms with Crippen molar-refractivity contribution in [2.24, 2.45) is 11.8 Å². The molecule has 1 saturated heterocycles. The largest absolute Gasteiger partial charge is 0.399 e. The monoisotopic (exact) mass is 360 g/mol. The first-order valence-corrected chi connectivity index (χ1v) is 10.7. The molecule has 0 aromatic heterocycles. The molecule has 2 nitrogen and oxygen atoms in total. The number of rotatable bonds is 3. The molecule has 2 N–H and O–H groups in total. The Balaban J connectivity index is 1.47. The van der Waals surface area contributed by atoms with Crippen LogP contribution in [0.3, 0.4) is 0 Å². The highest BCUT2D eigenvalue weighted by molar-refractivity contribution is 5.41. The van der Waals surface area contributed by atoms with Gasteiger partial charge in [-0.15, -0.1) is 0 Å². The second-order valence-corrected chi connectivity index (χ2v) is 9.46. The first kappa shape index (κ1) is 17.3. The maximum Gasteiger partial charge on any atom is 0.0316 e. The molecule has 2 fully saturated rings. The predicted octanol–water partition coefficient (Wildman–Crippen LogP) is 4.81. The van der Waals surface area contributed by atoms with Gasteiger partial charge in [0.2, 0.25) is 0 Å². The van der Waals surface area contributed by atoms with Gasteiger partial charge < -0.3 is 5.73 Å². The third-order valence-electron chi connectivity index (χ3n) is 8.18. The minimum Gasteiger partial charge on any atom is -0.399 e. The number of anilines is 1. The van der Waals surface area contributed by atoms with E-state index in [1.807, 2.05) is 6.07 Å². The number of fused-ring (bicyclic) bond motifs is 3. The number of hydrogen-bond donors (Lipinski definition) is 1. The first-order valence-electron chi connectivity index (χ1n) is 10.7. The van der Waals surface area contributed by atoms with Gasteiger partial charge in [0.15, 0.2) is 0 Å². The highest BCUT2D eigenvalue weighted by Gasteiger charge is 2.54. The summed E-state index contributed by atoms with van der Waals surface area (Å²) >= 11 is 0. The van der Waals surface area contributed by atoms with Crippen LogP contribution in [0.5, 0.6) is 0 Å². The van der Waals surface area contributed by atoms with Gasteiger partial charge in [-0.25, -0.2) is 0 Å². The number of benzene rings is 2. The van der Waals surface area contributed by atoms with Gasteiger partial charge in [0, 0.05) is 24.3 Å². The number of piperidine rings is 1. The summed E-state index contributed by atoms with van der Waals surface area (Å²) < 4.78 is 0. The van der Waals surface area contributed by atoms with Crippen LogP contribution in [0.25, 0.3) is 0 Å². The molecule has 5 atom stereocenters. The maximum atomic E-state index is 6.01. The molecule has 0 radical (unpaired) electrons. The number of nitrogen functional groups attached to an aromatic ring is 1. The predicted molar refractivity (Wildman–Crippen MR) is 113 cm³/mol. The van der Waals surface area contributed by atoms with Crippen molar-refractivity contribution in [1.82, 2.24) is 4.90 Å². The smallest absolute Gasteiger partial charge is 0.0316 e. The SMILES string of the molecule is CC1C2CCC3(C)c4ccccc4CC(C3C2)N1CCc1cccc(N)c1. The third-order valence-corrected chi connectivity index (χ3v) is 8.18. The molecule has 2 heteroatoms. The molecule has 2 aromatic carbocycles. The molecule has 0 amide bonds. The van der Waals surface area contributed by atoms with Gasteiger partial charge in [-0.05, 0) is 85.1 Å². The highest BCUT2D eigenvalue weighted by Crippen LogP contribution is 2.56. The molecule has 1 aliphatic heterocycles. The van der Waals surface area contributed by atoms with Gasteiger partial charge in [0.1, 0.15) is 0 Å². The zero-order chi connectivity index (χ0) is 18.6. The lowest BCUT2D eigenvalue weighted by Crippen LogP contribution is -2.63. The van der Waals surface area contributed by atoms with Gasteiger partial charge in [-0.2, -0.15) is 0 Å². The molecule has 2 bridgehead atoms. The maximum absolute atomic E-state index is 6.01. The summed E-state index contributed by atoms with van der Waals surface area (Å²) in [5, 5.41) is 0. The molecule has 0 spiro atoms. The summed E-state index contributed by atoms with van der Waals surface area (Å²) in [4.78, 5) is 2.87. The van der Waals surface area contributed by atoms with Crippen LogP contribution in [-0.2, 0) is 18.3 Å². The molecule has 5 unspecified atom stereocenters. The van der Waals surface area contributed by atoms with E-state index in [1.54, 1.807) is 11.1 Å². The number of hydrogen-bond acceptors (Lipinski definition) is 2. The topological polar surface area (TPSA) is 29.3 Å². The van der Waals surface area contributed by atoms with Crippen molar-refractivity contribution in [3.05, 3.63) is 65.2 Å². The Morgan fingerprint density at radius 2 is 2.00 bits per heavy atom. The van der Waals surface area contributed by atoms with Crippen LogP contribution in [0.1, 0.15) is 49.8 Å². The lowest BCUT2D eigenvalue weighted by atomic mass is 9.52. The average molecular weight is 361 g/mol. The number of nitrogens with zero attached hydrogens (tertiary/aromatic N) is 1. The second kappa shape index (κ2) is 6.38. The minimum atomic E-state index is 0.367. The Hall–Kier alpha value is -1.80. The van der Waals surface area contributed by atoms with Crippen molar-refractivity contribution < 1.29 is 0 Å². The summed E-state index contributed by atoms with van der Waals surface area (Å²) in [5.74, 6) is 1.67. The molecule has 1 heterocycles. The second-order valence-electron chi connectivity index (χ2n) is 9.46. The van der Waals surface area contributed by atoms with Gasteiger partial charge in [-0.1, -0.05) is 43.3 Å². The van der Waals surface area contributed by atoms with E-state index in [2.05, 4.69) is 61.2 Å². The quantitative estimate of drug-likeness (QED) is 0.796. The summed E-state index contributed by atoms with van der Waals surface area (Å²) in [5.41, 5.74) is 11.9. The van der Waals surface area contributed by atoms with Crippen molar-refractivity contribution in [2.75, 3.05) is 12.3 Å². The minimum absolute atomic E-state index is 0.367. The van der Waals surface area contributed by atoms with Crippen LogP contribution in [0.15, 0.2) is 48.5 Å². The van der Waals surface area contributed by atoms with Crippen molar-refractivity contribution in [2.45, 2.75) is 63.5 Å². The number of likely N-dealkylation sites (tertiary alicyclic amines) is 1. The summed E-state index contributed by atoms with van der Waals surface area (Å²) in [6, 6.07) is 19.1. The zero-order valence-electron chi connectivity index (χ0n) is 16.7. The lowest BCUT2D eigenvalue weighted by Gasteiger charge is -2.61. The van der Waals surface area contributed by atoms with Gasteiger partial charge in [0.05, 0.1) is 0 Å². The van der Waals surface area contributed by atoms with E-state index >= 15 is 0 Å². The Morgan fingerprint density at radius 1 is 1.15 bits per heavy atom. The number of nitrogens with two attached hydrogens (primary N) is 1. The van der Waals surface area contributed by atoms with Crippen molar-refractivity contribution >= 4 is 5.69 Å². The van der Waals surface area contributed by atoms with Gasteiger partial charge in [0.25, 0.3) is 0 Å². The van der Waals surface area contributed by atoms with Gasteiger partial charge >= 0.3 is 0 Å². The summed E-state index contributed by atoms with van der Waals surface area (Å²) in [7, 11) is 0. The molecular weight excluding hydrogens is 328 g/mol.